The molecule has 106 valence electrons. The van der Waals surface area contributed by atoms with Crippen LogP contribution in [0.5, 0.6) is 5.75 Å². The van der Waals surface area contributed by atoms with Crippen LogP contribution in [0.4, 0.5) is 0 Å². The second-order valence-electron chi connectivity index (χ2n) is 5.09. The zero-order valence-electron chi connectivity index (χ0n) is 11.8. The molecule has 1 fully saturated rings. The van der Waals surface area contributed by atoms with Gasteiger partial charge in [0.05, 0.1) is 18.6 Å². The van der Waals surface area contributed by atoms with Gasteiger partial charge in [-0.15, -0.1) is 0 Å². The van der Waals surface area contributed by atoms with E-state index in [0.29, 0.717) is 17.8 Å². The number of nitrogens with zero attached hydrogens (tertiary/aromatic N) is 2. The van der Waals surface area contributed by atoms with E-state index in [4.69, 9.17) is 9.26 Å². The Bertz CT molecular complexity index is 582. The Morgan fingerprint density at radius 3 is 2.95 bits per heavy atom. The van der Waals surface area contributed by atoms with Crippen molar-refractivity contribution in [1.82, 2.24) is 15.5 Å². The lowest BCUT2D eigenvalue weighted by atomic mass is 10.0. The van der Waals surface area contributed by atoms with Crippen molar-refractivity contribution in [3.63, 3.8) is 0 Å². The number of ether oxygens (including phenoxy) is 1. The Labute approximate surface area is 118 Å². The second kappa shape index (κ2) is 5.63. The Morgan fingerprint density at radius 1 is 1.30 bits per heavy atom. The number of likely N-dealkylation sites (N-methyl/N-ethyl adjacent to an activating group) is 1. The average Bonchev–Trinajstić information content (AvgIpc) is 3.15. The van der Waals surface area contributed by atoms with Gasteiger partial charge in [-0.1, -0.05) is 23.7 Å². The van der Waals surface area contributed by atoms with Crippen LogP contribution < -0.4 is 10.1 Å². The third kappa shape index (κ3) is 2.29. The fraction of sp³-hybridized carbons (Fsp3) is 0.467. The fourth-order valence-electron chi connectivity index (χ4n) is 2.93. The summed E-state index contributed by atoms with van der Waals surface area (Å²) in [5.41, 5.74) is 0.865. The fourth-order valence-corrected chi connectivity index (χ4v) is 2.93. The molecule has 3 rings (SSSR count). The van der Waals surface area contributed by atoms with Crippen LogP contribution >= 0.6 is 0 Å². The lowest BCUT2D eigenvalue weighted by Crippen LogP contribution is -2.27. The molecule has 0 spiro atoms. The SMILES string of the molecule is CNC1CCCC1c1nc(-c2ccccc2OC)no1. The molecular weight excluding hydrogens is 254 g/mol. The number of rotatable bonds is 4. The first kappa shape index (κ1) is 13.1. The predicted octanol–water partition coefficient (Wildman–Crippen LogP) is 2.60. The van der Waals surface area contributed by atoms with E-state index in [1.54, 1.807) is 7.11 Å². The molecule has 1 aliphatic rings. The van der Waals surface area contributed by atoms with E-state index in [2.05, 4.69) is 15.5 Å². The lowest BCUT2D eigenvalue weighted by Gasteiger charge is -2.14. The summed E-state index contributed by atoms with van der Waals surface area (Å²) >= 11 is 0. The summed E-state index contributed by atoms with van der Waals surface area (Å²) in [5.74, 6) is 2.40. The standard InChI is InChI=1S/C15H19N3O2/c1-16-12-8-5-7-10(12)15-17-14(18-20-15)11-6-3-4-9-13(11)19-2/h3-4,6,9-10,12,16H,5,7-8H2,1-2H3. The number of methoxy groups -OCH3 is 1. The number of hydrogen-bond donors (Lipinski definition) is 1. The number of nitrogens with one attached hydrogen (secondary N) is 1. The molecule has 1 heterocycles. The highest BCUT2D eigenvalue weighted by molar-refractivity contribution is 5.63. The minimum Gasteiger partial charge on any atom is -0.496 e. The summed E-state index contributed by atoms with van der Waals surface area (Å²) in [6.07, 6.45) is 3.45. The number of hydrogen-bond acceptors (Lipinski definition) is 5. The Balaban J connectivity index is 1.90. The molecule has 2 aromatic rings. The van der Waals surface area contributed by atoms with Crippen molar-refractivity contribution in [1.29, 1.82) is 0 Å². The van der Waals surface area contributed by atoms with Gasteiger partial charge in [0.2, 0.25) is 11.7 Å². The van der Waals surface area contributed by atoms with Crippen molar-refractivity contribution in [2.45, 2.75) is 31.2 Å². The Kier molecular flexibility index (Phi) is 3.69. The number of benzene rings is 1. The molecule has 1 aliphatic carbocycles. The molecule has 20 heavy (non-hydrogen) atoms. The average molecular weight is 273 g/mol. The summed E-state index contributed by atoms with van der Waals surface area (Å²) in [6.45, 7) is 0. The van der Waals surface area contributed by atoms with E-state index >= 15 is 0 Å². The topological polar surface area (TPSA) is 60.2 Å². The molecule has 0 amide bonds. The second-order valence-corrected chi connectivity index (χ2v) is 5.09. The van der Waals surface area contributed by atoms with Crippen LogP contribution in [0.25, 0.3) is 11.4 Å². The summed E-state index contributed by atoms with van der Waals surface area (Å²) in [6, 6.07) is 8.15. The molecule has 2 atom stereocenters. The third-order valence-electron chi connectivity index (χ3n) is 3.99. The van der Waals surface area contributed by atoms with Crippen LogP contribution in [0.3, 0.4) is 0 Å². The predicted molar refractivity (Wildman–Crippen MR) is 75.7 cm³/mol. The molecular formula is C15H19N3O2. The maximum atomic E-state index is 5.48. The maximum absolute atomic E-state index is 5.48. The van der Waals surface area contributed by atoms with Crippen molar-refractivity contribution in [2.75, 3.05) is 14.2 Å². The molecule has 1 N–H and O–H groups in total. The smallest absolute Gasteiger partial charge is 0.231 e. The van der Waals surface area contributed by atoms with Crippen LogP contribution in [0.2, 0.25) is 0 Å². The van der Waals surface area contributed by atoms with Gasteiger partial charge in [-0.2, -0.15) is 4.98 Å². The van der Waals surface area contributed by atoms with E-state index in [1.807, 2.05) is 31.3 Å². The van der Waals surface area contributed by atoms with Crippen molar-refractivity contribution >= 4 is 0 Å². The monoisotopic (exact) mass is 273 g/mol. The van der Waals surface area contributed by atoms with Gasteiger partial charge in [0.1, 0.15) is 5.75 Å². The molecule has 0 bridgehead atoms. The van der Waals surface area contributed by atoms with Gasteiger partial charge in [-0.25, -0.2) is 0 Å². The van der Waals surface area contributed by atoms with Gasteiger partial charge in [0.15, 0.2) is 0 Å². The highest BCUT2D eigenvalue weighted by Gasteiger charge is 2.32. The molecule has 0 aliphatic heterocycles. The van der Waals surface area contributed by atoms with Crippen LogP contribution in [0, 0.1) is 0 Å². The van der Waals surface area contributed by atoms with E-state index in [-0.39, 0.29) is 0 Å². The lowest BCUT2D eigenvalue weighted by molar-refractivity contribution is 0.335. The summed E-state index contributed by atoms with van der Waals surface area (Å²) < 4.78 is 10.8. The Hall–Kier alpha value is -1.88. The molecule has 1 aromatic heterocycles. The number of aromatic nitrogens is 2. The first-order valence-electron chi connectivity index (χ1n) is 6.97. The minimum atomic E-state index is 0.316. The van der Waals surface area contributed by atoms with Gasteiger partial charge in [-0.05, 0) is 32.0 Å². The highest BCUT2D eigenvalue weighted by atomic mass is 16.5. The van der Waals surface area contributed by atoms with Crippen molar-refractivity contribution in [2.24, 2.45) is 0 Å². The van der Waals surface area contributed by atoms with Gasteiger partial charge in [-0.3, -0.25) is 0 Å². The number of para-hydroxylation sites is 1. The first-order chi connectivity index (χ1) is 9.83. The zero-order valence-corrected chi connectivity index (χ0v) is 11.8. The van der Waals surface area contributed by atoms with Gasteiger partial charge in [0.25, 0.3) is 0 Å². The van der Waals surface area contributed by atoms with E-state index in [1.165, 1.54) is 6.42 Å². The van der Waals surface area contributed by atoms with Crippen LogP contribution in [-0.2, 0) is 0 Å². The first-order valence-corrected chi connectivity index (χ1v) is 6.97. The quantitative estimate of drug-likeness (QED) is 0.927. The molecule has 1 saturated carbocycles. The van der Waals surface area contributed by atoms with Gasteiger partial charge >= 0.3 is 0 Å². The van der Waals surface area contributed by atoms with Gasteiger partial charge in [0, 0.05) is 6.04 Å². The normalized spacial score (nSPS) is 22.1. The van der Waals surface area contributed by atoms with E-state index in [9.17, 15) is 0 Å². The summed E-state index contributed by atoms with van der Waals surface area (Å²) in [5, 5.41) is 7.45. The third-order valence-corrected chi connectivity index (χ3v) is 3.99. The van der Waals surface area contributed by atoms with Crippen molar-refractivity contribution in [3.8, 4) is 17.1 Å². The maximum Gasteiger partial charge on any atom is 0.231 e. The van der Waals surface area contributed by atoms with Crippen LogP contribution in [0.1, 0.15) is 31.1 Å². The van der Waals surface area contributed by atoms with E-state index < -0.39 is 0 Å². The van der Waals surface area contributed by atoms with Crippen molar-refractivity contribution in [3.05, 3.63) is 30.2 Å². The molecule has 0 radical (unpaired) electrons. The molecule has 2 unspecified atom stereocenters. The zero-order chi connectivity index (χ0) is 13.9. The van der Waals surface area contributed by atoms with Crippen LogP contribution in [-0.4, -0.2) is 30.3 Å². The molecule has 0 saturated heterocycles. The van der Waals surface area contributed by atoms with Crippen LogP contribution in [0.15, 0.2) is 28.8 Å². The highest BCUT2D eigenvalue weighted by Crippen LogP contribution is 2.35. The molecule has 1 aromatic carbocycles. The van der Waals surface area contributed by atoms with Crippen molar-refractivity contribution < 1.29 is 9.26 Å². The minimum absolute atomic E-state index is 0.316. The van der Waals surface area contributed by atoms with E-state index in [0.717, 1.165) is 30.0 Å². The largest absolute Gasteiger partial charge is 0.496 e. The molecule has 5 heteroatoms. The summed E-state index contributed by atoms with van der Waals surface area (Å²) in [7, 11) is 3.63. The summed E-state index contributed by atoms with van der Waals surface area (Å²) in [4.78, 5) is 4.57. The van der Waals surface area contributed by atoms with Gasteiger partial charge < -0.3 is 14.6 Å². The molecule has 5 nitrogen and oxygen atoms in total. The Morgan fingerprint density at radius 2 is 2.15 bits per heavy atom.